The Morgan fingerprint density at radius 1 is 0.850 bits per heavy atom. The predicted octanol–water partition coefficient (Wildman–Crippen LogP) is 5.33. The first-order valence-electron chi connectivity index (χ1n) is 13.1. The zero-order valence-corrected chi connectivity index (χ0v) is 21.4. The molecular formula is C32H23N3O5. The summed E-state index contributed by atoms with van der Waals surface area (Å²) in [5, 5.41) is 13.6. The molecule has 3 aliphatic rings. The molecule has 2 fully saturated rings. The number of anilines is 2. The summed E-state index contributed by atoms with van der Waals surface area (Å²) in [6.45, 7) is 1.70. The molecule has 0 unspecified atom stereocenters. The number of benzene rings is 4. The molecule has 196 valence electrons. The van der Waals surface area contributed by atoms with Crippen LogP contribution in [0.5, 0.6) is 0 Å². The van der Waals surface area contributed by atoms with Crippen molar-refractivity contribution in [3.8, 4) is 0 Å². The summed E-state index contributed by atoms with van der Waals surface area (Å²) in [7, 11) is 0. The fourth-order valence-corrected chi connectivity index (χ4v) is 6.59. The van der Waals surface area contributed by atoms with Crippen molar-refractivity contribution in [3.63, 3.8) is 0 Å². The summed E-state index contributed by atoms with van der Waals surface area (Å²) in [6.07, 6.45) is 3.89. The lowest BCUT2D eigenvalue weighted by atomic mass is 9.86. The molecule has 4 aromatic carbocycles. The molecule has 0 bridgehead atoms. The third kappa shape index (κ3) is 3.29. The Labute approximate surface area is 229 Å². The first kappa shape index (κ1) is 24.0. The van der Waals surface area contributed by atoms with Gasteiger partial charge in [0.2, 0.25) is 11.8 Å². The molecule has 0 N–H and O–H groups in total. The highest BCUT2D eigenvalue weighted by atomic mass is 16.6. The molecule has 0 aromatic heterocycles. The van der Waals surface area contributed by atoms with Crippen molar-refractivity contribution in [2.75, 3.05) is 9.80 Å². The third-order valence-electron chi connectivity index (χ3n) is 8.38. The Balaban J connectivity index is 1.40. The number of nitro benzene ring substituents is 1. The number of ketones is 1. The molecule has 8 nitrogen and oxygen atoms in total. The first-order valence-corrected chi connectivity index (χ1v) is 13.1. The Morgan fingerprint density at radius 2 is 1.57 bits per heavy atom. The number of carbonyl (C=O) groups is 3. The number of fused-ring (bicyclic) bond motifs is 7. The highest BCUT2D eigenvalue weighted by Crippen LogP contribution is 2.51. The predicted molar refractivity (Wildman–Crippen MR) is 151 cm³/mol. The monoisotopic (exact) mass is 529 g/mol. The topological polar surface area (TPSA) is 101 Å². The van der Waals surface area contributed by atoms with Gasteiger partial charge in [0, 0.05) is 28.9 Å². The number of carbonyl (C=O) groups excluding carboxylic acids is 3. The number of rotatable bonds is 4. The molecule has 4 aromatic rings. The van der Waals surface area contributed by atoms with Gasteiger partial charge in [-0.25, -0.2) is 4.90 Å². The minimum absolute atomic E-state index is 0.183. The molecule has 4 atom stereocenters. The van der Waals surface area contributed by atoms with E-state index in [0.29, 0.717) is 11.1 Å². The Hall–Kier alpha value is -5.11. The average molecular weight is 530 g/mol. The van der Waals surface area contributed by atoms with Gasteiger partial charge in [-0.2, -0.15) is 0 Å². The van der Waals surface area contributed by atoms with Crippen molar-refractivity contribution < 1.29 is 19.3 Å². The zero-order valence-electron chi connectivity index (χ0n) is 21.4. The fourth-order valence-electron chi connectivity index (χ4n) is 6.59. The van der Waals surface area contributed by atoms with Crippen LogP contribution in [-0.4, -0.2) is 34.6 Å². The highest BCUT2D eigenvalue weighted by molar-refractivity contribution is 6.26. The van der Waals surface area contributed by atoms with E-state index in [9.17, 15) is 24.5 Å². The smallest absolute Gasteiger partial charge is 0.271 e. The Kier molecular flexibility index (Phi) is 5.22. The molecule has 7 rings (SSSR count). The first-order chi connectivity index (χ1) is 19.4. The van der Waals surface area contributed by atoms with Gasteiger partial charge >= 0.3 is 0 Å². The average Bonchev–Trinajstić information content (AvgIpc) is 3.45. The van der Waals surface area contributed by atoms with Gasteiger partial charge in [0.05, 0.1) is 28.5 Å². The van der Waals surface area contributed by atoms with Gasteiger partial charge in [0.25, 0.3) is 5.69 Å². The number of hydrogen-bond donors (Lipinski definition) is 0. The number of nitrogens with zero attached hydrogens (tertiary/aromatic N) is 3. The Bertz CT molecular complexity index is 1800. The van der Waals surface area contributed by atoms with Gasteiger partial charge < -0.3 is 4.90 Å². The van der Waals surface area contributed by atoms with E-state index >= 15 is 0 Å². The molecule has 2 saturated heterocycles. The van der Waals surface area contributed by atoms with E-state index in [-0.39, 0.29) is 17.2 Å². The van der Waals surface area contributed by atoms with Crippen LogP contribution in [0.4, 0.5) is 17.1 Å². The Morgan fingerprint density at radius 3 is 2.35 bits per heavy atom. The summed E-state index contributed by atoms with van der Waals surface area (Å²) in [6, 6.07) is 23.4. The fraction of sp³-hybridized carbons (Fsp3) is 0.156. The van der Waals surface area contributed by atoms with E-state index in [2.05, 4.69) is 0 Å². The van der Waals surface area contributed by atoms with Gasteiger partial charge in [0.15, 0.2) is 5.78 Å². The van der Waals surface area contributed by atoms with Crippen molar-refractivity contribution in [3.05, 3.63) is 118 Å². The van der Waals surface area contributed by atoms with Gasteiger partial charge in [0.1, 0.15) is 6.04 Å². The molecule has 0 saturated carbocycles. The van der Waals surface area contributed by atoms with Crippen LogP contribution in [0.2, 0.25) is 0 Å². The third-order valence-corrected chi connectivity index (χ3v) is 8.38. The maximum atomic E-state index is 14.2. The largest absolute Gasteiger partial charge is 0.352 e. The zero-order chi connectivity index (χ0) is 27.7. The second kappa shape index (κ2) is 8.71. The summed E-state index contributed by atoms with van der Waals surface area (Å²) in [4.78, 5) is 56.4. The lowest BCUT2D eigenvalue weighted by Crippen LogP contribution is -2.49. The van der Waals surface area contributed by atoms with Gasteiger partial charge in [-0.3, -0.25) is 24.5 Å². The highest BCUT2D eigenvalue weighted by Gasteiger charge is 2.64. The molecule has 3 aliphatic heterocycles. The summed E-state index contributed by atoms with van der Waals surface area (Å²) in [5.41, 5.74) is 2.72. The SMILES string of the molecule is Cc1ccc([N+](=O)[O-])cc1N1C(=O)[C@@H]2[C@H](C1=O)[C@@H](C(=O)c1ccccc1)N1c3ccc4ccccc4c3C=C[C@@H]21. The number of amides is 2. The molecule has 0 spiro atoms. The molecule has 0 radical (unpaired) electrons. The van der Waals surface area contributed by atoms with Crippen LogP contribution in [0.25, 0.3) is 16.8 Å². The summed E-state index contributed by atoms with van der Waals surface area (Å²) in [5.74, 6) is -2.99. The number of non-ortho nitro benzene ring substituents is 1. The molecular weight excluding hydrogens is 506 g/mol. The molecule has 0 aliphatic carbocycles. The number of nitro groups is 1. The van der Waals surface area contributed by atoms with Crippen LogP contribution in [0, 0.1) is 28.9 Å². The molecule has 40 heavy (non-hydrogen) atoms. The van der Waals surface area contributed by atoms with Crippen molar-refractivity contribution >= 4 is 51.5 Å². The number of hydrogen-bond acceptors (Lipinski definition) is 6. The molecule has 2 amide bonds. The van der Waals surface area contributed by atoms with E-state index in [1.54, 1.807) is 31.2 Å². The van der Waals surface area contributed by atoms with Crippen LogP contribution >= 0.6 is 0 Å². The second-order valence-corrected chi connectivity index (χ2v) is 10.4. The maximum absolute atomic E-state index is 14.2. The number of Topliss-reactive ketones (excluding diaryl/α,β-unsaturated/α-hetero) is 1. The van der Waals surface area contributed by atoms with Crippen LogP contribution in [-0.2, 0) is 9.59 Å². The minimum atomic E-state index is -0.953. The molecule has 8 heteroatoms. The number of aryl methyl sites for hydroxylation is 1. The van der Waals surface area contributed by atoms with E-state index in [1.807, 2.05) is 59.5 Å². The van der Waals surface area contributed by atoms with Crippen LogP contribution in [0.3, 0.4) is 0 Å². The van der Waals surface area contributed by atoms with Crippen LogP contribution in [0.1, 0.15) is 21.5 Å². The van der Waals surface area contributed by atoms with Crippen molar-refractivity contribution in [2.24, 2.45) is 11.8 Å². The lowest BCUT2D eigenvalue weighted by Gasteiger charge is -2.37. The summed E-state index contributed by atoms with van der Waals surface area (Å²) < 4.78 is 0. The quantitative estimate of drug-likeness (QED) is 0.153. The normalized spacial score (nSPS) is 22.8. The lowest BCUT2D eigenvalue weighted by molar-refractivity contribution is -0.384. The van der Waals surface area contributed by atoms with E-state index in [4.69, 9.17) is 0 Å². The summed E-state index contributed by atoms with van der Waals surface area (Å²) >= 11 is 0. The van der Waals surface area contributed by atoms with E-state index < -0.39 is 40.7 Å². The number of imide groups is 1. The van der Waals surface area contributed by atoms with Crippen LogP contribution in [0.15, 0.2) is 91.0 Å². The van der Waals surface area contributed by atoms with E-state index in [1.165, 1.54) is 18.2 Å². The van der Waals surface area contributed by atoms with Gasteiger partial charge in [-0.15, -0.1) is 0 Å². The van der Waals surface area contributed by atoms with Crippen molar-refractivity contribution in [2.45, 2.75) is 19.0 Å². The van der Waals surface area contributed by atoms with E-state index in [0.717, 1.165) is 26.9 Å². The maximum Gasteiger partial charge on any atom is 0.271 e. The minimum Gasteiger partial charge on any atom is -0.352 e. The molecule has 3 heterocycles. The van der Waals surface area contributed by atoms with Gasteiger partial charge in [-0.1, -0.05) is 78.9 Å². The van der Waals surface area contributed by atoms with Crippen LogP contribution < -0.4 is 9.80 Å². The van der Waals surface area contributed by atoms with Crippen molar-refractivity contribution in [1.82, 2.24) is 0 Å². The van der Waals surface area contributed by atoms with Gasteiger partial charge in [-0.05, 0) is 29.3 Å². The van der Waals surface area contributed by atoms with Crippen molar-refractivity contribution in [1.29, 1.82) is 0 Å². The standard InChI is InChI=1S/C32H23N3O5/c1-18-11-13-21(35(39)40)17-26(18)34-31(37)27-25-16-14-23-22-10-6-5-7-19(22)12-15-24(23)33(25)29(28(27)32(34)38)30(36)20-8-3-2-4-9-20/h2-17,25,27-29H,1H3/t25-,27-,28-,29-/m0/s1. The second-order valence-electron chi connectivity index (χ2n) is 10.4.